The van der Waals surface area contributed by atoms with Crippen molar-refractivity contribution in [3.8, 4) is 0 Å². The van der Waals surface area contributed by atoms with Crippen molar-refractivity contribution < 1.29 is 29.0 Å². The average Bonchev–Trinajstić information content (AvgIpc) is 3.32. The van der Waals surface area contributed by atoms with Crippen molar-refractivity contribution in [2.24, 2.45) is 11.8 Å². The third-order valence-electron chi connectivity index (χ3n) is 6.76. The fraction of sp³-hybridized carbons (Fsp3) is 0.842. The molecule has 30 heavy (non-hydrogen) atoms. The summed E-state index contributed by atoms with van der Waals surface area (Å²) in [6.07, 6.45) is 0.00392. The second-order valence-corrected chi connectivity index (χ2v) is 9.45. The van der Waals surface area contributed by atoms with Gasteiger partial charge in [0.25, 0.3) is 0 Å². The Morgan fingerprint density at radius 2 is 2.00 bits per heavy atom. The van der Waals surface area contributed by atoms with Crippen LogP contribution in [0.5, 0.6) is 0 Å². The second kappa shape index (κ2) is 8.70. The lowest BCUT2D eigenvalue weighted by Gasteiger charge is -2.34. The molecule has 3 unspecified atom stereocenters. The second-order valence-electron chi connectivity index (χ2n) is 8.28. The first-order valence-electron chi connectivity index (χ1n) is 10.5. The molecule has 0 aromatic rings. The molecular formula is C19H29BrN4O6. The van der Waals surface area contributed by atoms with Crippen molar-refractivity contribution in [1.29, 1.82) is 0 Å². The number of likely N-dealkylation sites (tertiary alicyclic amines) is 1. The van der Waals surface area contributed by atoms with Gasteiger partial charge in [-0.1, -0.05) is 15.9 Å². The van der Waals surface area contributed by atoms with Gasteiger partial charge in [-0.2, -0.15) is 0 Å². The van der Waals surface area contributed by atoms with Crippen LogP contribution in [0, 0.1) is 11.8 Å². The number of hydrogen-bond acceptors (Lipinski definition) is 7. The fourth-order valence-electron chi connectivity index (χ4n) is 5.50. The maximum Gasteiger partial charge on any atom is 0.245 e. The van der Waals surface area contributed by atoms with E-state index < -0.39 is 29.6 Å². The van der Waals surface area contributed by atoms with E-state index in [-0.39, 0.29) is 35.7 Å². The summed E-state index contributed by atoms with van der Waals surface area (Å²) in [5.74, 6) is -2.24. The summed E-state index contributed by atoms with van der Waals surface area (Å²) in [5.41, 5.74) is -1.06. The molecule has 168 valence electrons. The van der Waals surface area contributed by atoms with E-state index in [9.17, 15) is 19.5 Å². The number of amides is 3. The summed E-state index contributed by atoms with van der Waals surface area (Å²) >= 11 is 3.59. The number of carbonyl (C=O) groups is 3. The van der Waals surface area contributed by atoms with Gasteiger partial charge in [-0.3, -0.25) is 19.3 Å². The number of hydrogen-bond donors (Lipinski definition) is 3. The molecule has 0 aromatic heterocycles. The van der Waals surface area contributed by atoms with Gasteiger partial charge in [-0.05, 0) is 6.42 Å². The van der Waals surface area contributed by atoms with Crippen LogP contribution in [-0.4, -0.2) is 115 Å². The number of aliphatic hydroxyl groups excluding tert-OH is 1. The van der Waals surface area contributed by atoms with Gasteiger partial charge in [-0.25, -0.2) is 0 Å². The highest BCUT2D eigenvalue weighted by atomic mass is 79.9. The van der Waals surface area contributed by atoms with Crippen LogP contribution in [0.15, 0.2) is 0 Å². The van der Waals surface area contributed by atoms with Gasteiger partial charge >= 0.3 is 0 Å². The Balaban J connectivity index is 1.53. The summed E-state index contributed by atoms with van der Waals surface area (Å²) in [6.45, 7) is 3.91. The number of β-amino-alcohol motifs (C(OH)–C–C–N with tert-alkyl or cyclic N) is 1. The molecule has 4 rings (SSSR count). The molecule has 3 amide bonds. The third-order valence-corrected chi connectivity index (χ3v) is 7.60. The predicted molar refractivity (Wildman–Crippen MR) is 109 cm³/mol. The van der Waals surface area contributed by atoms with E-state index in [1.165, 1.54) is 11.9 Å². The Morgan fingerprint density at radius 1 is 1.27 bits per heavy atom. The van der Waals surface area contributed by atoms with Gasteiger partial charge in [0.2, 0.25) is 17.7 Å². The molecule has 1 spiro atoms. The monoisotopic (exact) mass is 488 g/mol. The molecule has 4 saturated heterocycles. The lowest BCUT2D eigenvalue weighted by molar-refractivity contribution is -0.142. The molecule has 3 N–H and O–H groups in total. The number of halogens is 1. The zero-order valence-corrected chi connectivity index (χ0v) is 18.6. The molecule has 2 bridgehead atoms. The standard InChI is InChI=1S/C19H29BrN4O6/c1-21-16(26)12-13-18(28)24(4-7-25)15(19(13)10-11(20)14(12)30-19)17(27)22-2-3-23-5-8-29-9-6-23/h11-15,25H,2-10H2,1H3,(H,21,26)(H,22,27)/t11?,12-,13+,14-,15?,19?/m1/s1. The Labute approximate surface area is 183 Å². The zero-order valence-electron chi connectivity index (χ0n) is 17.0. The molecule has 4 aliphatic rings. The minimum Gasteiger partial charge on any atom is -0.395 e. The van der Waals surface area contributed by atoms with Gasteiger partial charge < -0.3 is 30.1 Å². The Hall–Kier alpha value is -1.27. The molecule has 4 heterocycles. The van der Waals surface area contributed by atoms with E-state index in [1.54, 1.807) is 0 Å². The van der Waals surface area contributed by atoms with Crippen LogP contribution >= 0.6 is 15.9 Å². The van der Waals surface area contributed by atoms with Crippen molar-refractivity contribution in [3.05, 3.63) is 0 Å². The number of rotatable bonds is 7. The van der Waals surface area contributed by atoms with E-state index in [4.69, 9.17) is 9.47 Å². The maximum absolute atomic E-state index is 13.3. The van der Waals surface area contributed by atoms with Crippen LogP contribution in [0.25, 0.3) is 0 Å². The summed E-state index contributed by atoms with van der Waals surface area (Å²) in [5, 5.41) is 15.1. The molecule has 0 aliphatic carbocycles. The Kier molecular flexibility index (Phi) is 6.36. The normalized spacial score (nSPS) is 38.0. The van der Waals surface area contributed by atoms with Gasteiger partial charge in [-0.15, -0.1) is 0 Å². The lowest BCUT2D eigenvalue weighted by Crippen LogP contribution is -2.57. The molecule has 10 nitrogen and oxygen atoms in total. The molecule has 0 aromatic carbocycles. The fourth-order valence-corrected chi connectivity index (χ4v) is 6.45. The first-order chi connectivity index (χ1) is 14.4. The topological polar surface area (TPSA) is 120 Å². The summed E-state index contributed by atoms with van der Waals surface area (Å²) in [4.78, 5) is 42.6. The lowest BCUT2D eigenvalue weighted by atomic mass is 9.70. The molecular weight excluding hydrogens is 460 g/mol. The molecule has 4 aliphatic heterocycles. The van der Waals surface area contributed by atoms with Gasteiger partial charge in [0.1, 0.15) is 11.6 Å². The van der Waals surface area contributed by atoms with Gasteiger partial charge in [0, 0.05) is 44.6 Å². The van der Waals surface area contributed by atoms with Gasteiger partial charge in [0.15, 0.2) is 0 Å². The predicted octanol–water partition coefficient (Wildman–Crippen LogP) is -2.08. The van der Waals surface area contributed by atoms with Crippen LogP contribution in [0.1, 0.15) is 6.42 Å². The Morgan fingerprint density at radius 3 is 2.67 bits per heavy atom. The first kappa shape index (κ1) is 21.9. The third kappa shape index (κ3) is 3.44. The average molecular weight is 489 g/mol. The smallest absolute Gasteiger partial charge is 0.245 e. The number of ether oxygens (including phenoxy) is 2. The number of alkyl halides is 1. The van der Waals surface area contributed by atoms with Crippen LogP contribution in [-0.2, 0) is 23.9 Å². The molecule has 4 fully saturated rings. The van der Waals surface area contributed by atoms with Crippen LogP contribution in [0.3, 0.4) is 0 Å². The van der Waals surface area contributed by atoms with Gasteiger partial charge in [0.05, 0.1) is 37.8 Å². The quantitative estimate of drug-likeness (QED) is 0.351. The minimum absolute atomic E-state index is 0.0279. The number of carbonyl (C=O) groups excluding carboxylic acids is 3. The van der Waals surface area contributed by atoms with Crippen LogP contribution in [0.2, 0.25) is 0 Å². The van der Waals surface area contributed by atoms with E-state index in [1.807, 2.05) is 0 Å². The summed E-state index contributed by atoms with van der Waals surface area (Å²) < 4.78 is 11.6. The highest BCUT2D eigenvalue weighted by molar-refractivity contribution is 9.09. The molecule has 0 radical (unpaired) electrons. The van der Waals surface area contributed by atoms with Crippen LogP contribution in [0.4, 0.5) is 0 Å². The number of nitrogens with zero attached hydrogens (tertiary/aromatic N) is 2. The highest BCUT2D eigenvalue weighted by Crippen LogP contribution is 2.59. The maximum atomic E-state index is 13.3. The Bertz CT molecular complexity index is 705. The van der Waals surface area contributed by atoms with E-state index >= 15 is 0 Å². The zero-order chi connectivity index (χ0) is 21.5. The van der Waals surface area contributed by atoms with E-state index in [0.717, 1.165) is 13.1 Å². The number of aliphatic hydroxyl groups is 1. The van der Waals surface area contributed by atoms with Crippen molar-refractivity contribution in [2.75, 3.05) is 59.6 Å². The molecule has 6 atom stereocenters. The van der Waals surface area contributed by atoms with Crippen molar-refractivity contribution in [1.82, 2.24) is 20.4 Å². The molecule has 0 saturated carbocycles. The molecule has 11 heteroatoms. The number of fused-ring (bicyclic) bond motifs is 1. The minimum atomic E-state index is -1.06. The number of nitrogens with one attached hydrogen (secondary N) is 2. The van der Waals surface area contributed by atoms with E-state index in [2.05, 4.69) is 31.5 Å². The first-order valence-corrected chi connectivity index (χ1v) is 11.4. The van der Waals surface area contributed by atoms with Crippen molar-refractivity contribution in [2.45, 2.75) is 29.0 Å². The highest BCUT2D eigenvalue weighted by Gasteiger charge is 2.76. The number of morpholine rings is 1. The van der Waals surface area contributed by atoms with E-state index in [0.29, 0.717) is 32.7 Å². The van der Waals surface area contributed by atoms with Crippen molar-refractivity contribution in [3.63, 3.8) is 0 Å². The summed E-state index contributed by atoms with van der Waals surface area (Å²) in [6, 6.07) is -0.869. The van der Waals surface area contributed by atoms with Crippen molar-refractivity contribution >= 4 is 33.7 Å². The SMILES string of the molecule is CNC(=O)[C@H]1[C@@H]2OC3(CC2Br)C(C(=O)NCCN2CCOCC2)N(CCO)C(=O)[C@H]13. The summed E-state index contributed by atoms with van der Waals surface area (Å²) in [7, 11) is 1.53. The largest absolute Gasteiger partial charge is 0.395 e. The van der Waals surface area contributed by atoms with Crippen LogP contribution < -0.4 is 10.6 Å².